The van der Waals surface area contributed by atoms with Crippen LogP contribution in [0.2, 0.25) is 0 Å². The van der Waals surface area contributed by atoms with Crippen molar-refractivity contribution in [3.8, 4) is 0 Å². The lowest BCUT2D eigenvalue weighted by molar-refractivity contribution is -0.211. The second kappa shape index (κ2) is 9.83. The first kappa shape index (κ1) is 28.7. The van der Waals surface area contributed by atoms with E-state index in [4.69, 9.17) is 23.5 Å². The number of esters is 4. The highest BCUT2D eigenvalue weighted by Crippen LogP contribution is 2.62. The standard InChI is InChI=1S/C26H32F2O12S/c1-25(13-3-11-2-12(5-13)6-14(25)4-11)40-24(32)20-16-7-15-19(20)23(31)39-22(15)21(16)38-18(30)9-36-8-17(29)37-10-26(27,28)41(33,34)35/h11-16,19-22H,2-10H2,1H3,(H,33,34,35). The molecule has 1 aliphatic heterocycles. The number of carbonyl (C=O) groups is 4. The van der Waals surface area contributed by atoms with Gasteiger partial charge in [-0.25, -0.2) is 9.59 Å². The minimum atomic E-state index is -5.78. The third-order valence-corrected chi connectivity index (χ3v) is 11.3. The van der Waals surface area contributed by atoms with Crippen LogP contribution in [0.1, 0.15) is 45.4 Å². The molecule has 0 aromatic carbocycles. The summed E-state index contributed by atoms with van der Waals surface area (Å²) in [7, 11) is -5.78. The zero-order chi connectivity index (χ0) is 29.5. The third-order valence-electron chi connectivity index (χ3n) is 10.4. The molecular formula is C26H32F2O12S. The predicted octanol–water partition coefficient (Wildman–Crippen LogP) is 1.50. The summed E-state index contributed by atoms with van der Waals surface area (Å²) >= 11 is 0. The molecule has 0 amide bonds. The van der Waals surface area contributed by atoms with Gasteiger partial charge >= 0.3 is 39.2 Å². The monoisotopic (exact) mass is 606 g/mol. The second-order valence-electron chi connectivity index (χ2n) is 12.6. The van der Waals surface area contributed by atoms with E-state index < -0.39 is 94.6 Å². The first-order chi connectivity index (χ1) is 19.2. The Balaban J connectivity index is 1.04. The van der Waals surface area contributed by atoms with Crippen LogP contribution in [-0.4, -0.2) is 79.7 Å². The number of hydrogen-bond donors (Lipinski definition) is 1. The maximum Gasteiger partial charge on any atom is 0.402 e. The quantitative estimate of drug-likeness (QED) is 0.216. The summed E-state index contributed by atoms with van der Waals surface area (Å²) in [6, 6.07) is 0. The maximum absolute atomic E-state index is 13.7. The van der Waals surface area contributed by atoms with Crippen molar-refractivity contribution in [2.24, 2.45) is 47.3 Å². The van der Waals surface area contributed by atoms with Gasteiger partial charge in [-0.05, 0) is 69.1 Å². The van der Waals surface area contributed by atoms with Gasteiger partial charge in [0.1, 0.15) is 31.0 Å². The second-order valence-corrected chi connectivity index (χ2v) is 14.2. The molecule has 15 heteroatoms. The molecule has 6 atom stereocenters. The lowest BCUT2D eigenvalue weighted by atomic mass is 9.50. The van der Waals surface area contributed by atoms with Crippen molar-refractivity contribution in [1.29, 1.82) is 0 Å². The molecule has 0 aromatic rings. The molecule has 6 bridgehead atoms. The molecule has 41 heavy (non-hydrogen) atoms. The molecule has 1 heterocycles. The average molecular weight is 607 g/mol. The Kier molecular flexibility index (Phi) is 6.89. The van der Waals surface area contributed by atoms with Gasteiger partial charge in [0, 0.05) is 11.8 Å². The molecule has 1 saturated heterocycles. The van der Waals surface area contributed by atoms with E-state index in [2.05, 4.69) is 4.74 Å². The smallest absolute Gasteiger partial charge is 0.402 e. The minimum Gasteiger partial charge on any atom is -0.459 e. The molecule has 12 nitrogen and oxygen atoms in total. The molecule has 7 aliphatic rings. The molecule has 6 aliphatic carbocycles. The van der Waals surface area contributed by atoms with Gasteiger partial charge in [0.25, 0.3) is 0 Å². The fraction of sp³-hybridized carbons (Fsp3) is 0.846. The van der Waals surface area contributed by atoms with Crippen LogP contribution in [0.5, 0.6) is 0 Å². The lowest BCUT2D eigenvalue weighted by Gasteiger charge is -2.59. The van der Waals surface area contributed by atoms with Gasteiger partial charge in [0.05, 0.1) is 11.8 Å². The largest absolute Gasteiger partial charge is 0.459 e. The number of rotatable bonds is 10. The van der Waals surface area contributed by atoms with Gasteiger partial charge in [0.15, 0.2) is 6.61 Å². The Morgan fingerprint density at radius 2 is 1.61 bits per heavy atom. The van der Waals surface area contributed by atoms with Crippen LogP contribution >= 0.6 is 0 Å². The van der Waals surface area contributed by atoms with Crippen molar-refractivity contribution in [2.45, 2.75) is 68.5 Å². The molecule has 0 aromatic heterocycles. The molecule has 6 saturated carbocycles. The molecule has 0 spiro atoms. The molecular weight excluding hydrogens is 574 g/mol. The third kappa shape index (κ3) is 4.81. The topological polar surface area (TPSA) is 169 Å². The highest BCUT2D eigenvalue weighted by molar-refractivity contribution is 7.86. The van der Waals surface area contributed by atoms with Gasteiger partial charge in [0.2, 0.25) is 0 Å². The molecule has 7 fully saturated rings. The Bertz CT molecular complexity index is 1220. The van der Waals surface area contributed by atoms with E-state index in [9.17, 15) is 36.4 Å². The number of ether oxygens (including phenoxy) is 5. The predicted molar refractivity (Wildman–Crippen MR) is 128 cm³/mol. The highest BCUT2D eigenvalue weighted by atomic mass is 32.2. The maximum atomic E-state index is 13.7. The number of fused-ring (bicyclic) bond motifs is 1. The summed E-state index contributed by atoms with van der Waals surface area (Å²) in [5, 5.41) is -4.70. The van der Waals surface area contributed by atoms with E-state index in [1.807, 2.05) is 6.92 Å². The van der Waals surface area contributed by atoms with E-state index in [-0.39, 0.29) is 5.92 Å². The van der Waals surface area contributed by atoms with E-state index in [1.54, 1.807) is 0 Å². The molecule has 6 unspecified atom stereocenters. The summed E-state index contributed by atoms with van der Waals surface area (Å²) in [5.74, 6) is -3.63. The molecule has 1 N–H and O–H groups in total. The lowest BCUT2D eigenvalue weighted by Crippen LogP contribution is -2.59. The zero-order valence-corrected chi connectivity index (χ0v) is 23.1. The normalized spacial score (nSPS) is 41.8. The summed E-state index contributed by atoms with van der Waals surface area (Å²) in [5.41, 5.74) is -0.589. The van der Waals surface area contributed by atoms with Crippen LogP contribution in [0.25, 0.3) is 0 Å². The van der Waals surface area contributed by atoms with Crippen LogP contribution in [0, 0.1) is 47.3 Å². The number of halogens is 2. The van der Waals surface area contributed by atoms with E-state index >= 15 is 0 Å². The number of hydrogen-bond acceptors (Lipinski definition) is 11. The van der Waals surface area contributed by atoms with Crippen molar-refractivity contribution >= 4 is 34.0 Å². The van der Waals surface area contributed by atoms with Crippen molar-refractivity contribution < 1.29 is 64.6 Å². The SMILES string of the molecule is CC1(OC(=O)C2C3CC4C(OC(=O)C42)C3OC(=O)COCC(=O)OCC(F)(F)S(=O)(=O)O)C2CC3CC(C2)CC1C3. The minimum absolute atomic E-state index is 0.293. The van der Waals surface area contributed by atoms with Crippen molar-refractivity contribution in [3.05, 3.63) is 0 Å². The van der Waals surface area contributed by atoms with Gasteiger partial charge in [-0.1, -0.05) is 0 Å². The van der Waals surface area contributed by atoms with Crippen LogP contribution in [0.15, 0.2) is 0 Å². The Morgan fingerprint density at radius 3 is 2.22 bits per heavy atom. The van der Waals surface area contributed by atoms with E-state index in [0.29, 0.717) is 30.1 Å². The summed E-state index contributed by atoms with van der Waals surface area (Å²) in [4.78, 5) is 50.5. The first-order valence-electron chi connectivity index (χ1n) is 13.9. The van der Waals surface area contributed by atoms with Gasteiger partial charge in [-0.2, -0.15) is 17.2 Å². The van der Waals surface area contributed by atoms with Crippen LogP contribution in [0.3, 0.4) is 0 Å². The van der Waals surface area contributed by atoms with Crippen molar-refractivity contribution in [1.82, 2.24) is 0 Å². The Hall–Kier alpha value is -2.39. The van der Waals surface area contributed by atoms with Crippen LogP contribution < -0.4 is 0 Å². The van der Waals surface area contributed by atoms with Crippen LogP contribution in [-0.2, 0) is 53.0 Å². The fourth-order valence-corrected chi connectivity index (χ4v) is 8.93. The van der Waals surface area contributed by atoms with E-state index in [1.165, 1.54) is 6.42 Å². The van der Waals surface area contributed by atoms with Crippen molar-refractivity contribution in [3.63, 3.8) is 0 Å². The summed E-state index contributed by atoms with van der Waals surface area (Å²) in [6.07, 6.45) is 4.23. The first-order valence-corrected chi connectivity index (χ1v) is 15.3. The highest BCUT2D eigenvalue weighted by Gasteiger charge is 2.71. The Morgan fingerprint density at radius 1 is 1.00 bits per heavy atom. The summed E-state index contributed by atoms with van der Waals surface area (Å²) < 4.78 is 82.1. The zero-order valence-electron chi connectivity index (χ0n) is 22.2. The van der Waals surface area contributed by atoms with E-state index in [0.717, 1.165) is 25.7 Å². The molecule has 0 radical (unpaired) electrons. The van der Waals surface area contributed by atoms with Gasteiger partial charge in [-0.3, -0.25) is 14.1 Å². The molecule has 7 rings (SSSR count). The number of alkyl halides is 2. The number of carbonyl (C=O) groups excluding carboxylic acids is 4. The van der Waals surface area contributed by atoms with Crippen LogP contribution in [0.4, 0.5) is 8.78 Å². The van der Waals surface area contributed by atoms with Crippen molar-refractivity contribution in [2.75, 3.05) is 19.8 Å². The van der Waals surface area contributed by atoms with Gasteiger partial charge in [-0.15, -0.1) is 0 Å². The molecule has 228 valence electrons. The summed E-state index contributed by atoms with van der Waals surface area (Å²) in [6.45, 7) is -1.69. The average Bonchev–Trinajstić information content (AvgIpc) is 3.49. The van der Waals surface area contributed by atoms with Gasteiger partial charge < -0.3 is 23.7 Å². The Labute approximate surface area is 234 Å². The fourth-order valence-electron chi connectivity index (χ4n) is 8.72.